The van der Waals surface area contributed by atoms with E-state index in [1.807, 2.05) is 0 Å². The van der Waals surface area contributed by atoms with Gasteiger partial charge in [0.05, 0.1) is 0 Å². The first-order chi connectivity index (χ1) is 7.44. The van der Waals surface area contributed by atoms with Crippen LogP contribution in [0.2, 0.25) is 0 Å². The highest BCUT2D eigenvalue weighted by Gasteiger charge is 2.40. The largest absolute Gasteiger partial charge is 0.316 e. The molecule has 1 atom stereocenters. The van der Waals surface area contributed by atoms with Crippen molar-refractivity contribution in [2.75, 3.05) is 32.7 Å². The summed E-state index contributed by atoms with van der Waals surface area (Å²) < 4.78 is 0. The molecule has 16 heavy (non-hydrogen) atoms. The second-order valence-electron chi connectivity index (χ2n) is 7.07. The lowest BCUT2D eigenvalue weighted by Crippen LogP contribution is -2.42. The van der Waals surface area contributed by atoms with Gasteiger partial charge in [-0.1, -0.05) is 27.7 Å². The maximum Gasteiger partial charge on any atom is 0.00533 e. The highest BCUT2D eigenvalue weighted by atomic mass is 15.2. The fourth-order valence-electron chi connectivity index (χ4n) is 3.38. The van der Waals surface area contributed by atoms with E-state index in [-0.39, 0.29) is 0 Å². The van der Waals surface area contributed by atoms with Gasteiger partial charge in [0.1, 0.15) is 0 Å². The Morgan fingerprint density at radius 1 is 1.25 bits per heavy atom. The monoisotopic (exact) mass is 224 g/mol. The van der Waals surface area contributed by atoms with Crippen molar-refractivity contribution in [3.63, 3.8) is 0 Å². The van der Waals surface area contributed by atoms with E-state index >= 15 is 0 Å². The summed E-state index contributed by atoms with van der Waals surface area (Å²) in [5, 5.41) is 3.56. The zero-order valence-corrected chi connectivity index (χ0v) is 11.5. The highest BCUT2D eigenvalue weighted by molar-refractivity contribution is 4.95. The van der Waals surface area contributed by atoms with Gasteiger partial charge in [-0.3, -0.25) is 0 Å². The maximum atomic E-state index is 3.56. The van der Waals surface area contributed by atoms with Crippen LogP contribution in [-0.2, 0) is 0 Å². The predicted molar refractivity (Wildman–Crippen MR) is 69.6 cm³/mol. The molecule has 2 aliphatic rings. The summed E-state index contributed by atoms with van der Waals surface area (Å²) in [6.07, 6.45) is 2.73. The van der Waals surface area contributed by atoms with Crippen molar-refractivity contribution in [2.45, 2.75) is 40.5 Å². The number of nitrogens with zero attached hydrogens (tertiary/aromatic N) is 1. The lowest BCUT2D eigenvalue weighted by atomic mass is 9.76. The van der Waals surface area contributed by atoms with E-state index in [9.17, 15) is 0 Å². The Kier molecular flexibility index (Phi) is 3.33. The molecule has 0 aromatic heterocycles. The first-order valence-corrected chi connectivity index (χ1v) is 6.87. The van der Waals surface area contributed by atoms with Gasteiger partial charge in [0.25, 0.3) is 0 Å². The molecule has 0 spiro atoms. The maximum absolute atomic E-state index is 3.56. The zero-order valence-electron chi connectivity index (χ0n) is 11.5. The number of hydrogen-bond acceptors (Lipinski definition) is 2. The van der Waals surface area contributed by atoms with Gasteiger partial charge in [0.15, 0.2) is 0 Å². The SMILES string of the molecule is CC(C)C1(CN2CCC(C)(C)C2)CCNC1. The van der Waals surface area contributed by atoms with E-state index in [2.05, 4.69) is 37.9 Å². The minimum absolute atomic E-state index is 0.542. The van der Waals surface area contributed by atoms with Crippen LogP contribution in [0.1, 0.15) is 40.5 Å². The zero-order chi connectivity index (χ0) is 11.8. The molecule has 2 heterocycles. The van der Waals surface area contributed by atoms with Gasteiger partial charge in [-0.15, -0.1) is 0 Å². The van der Waals surface area contributed by atoms with Crippen molar-refractivity contribution >= 4 is 0 Å². The summed E-state index contributed by atoms with van der Waals surface area (Å²) in [7, 11) is 0. The summed E-state index contributed by atoms with van der Waals surface area (Å²) in [6, 6.07) is 0. The lowest BCUT2D eigenvalue weighted by molar-refractivity contribution is 0.128. The molecule has 0 aliphatic carbocycles. The fourth-order valence-corrected chi connectivity index (χ4v) is 3.38. The van der Waals surface area contributed by atoms with Crippen LogP contribution in [0.5, 0.6) is 0 Å². The Morgan fingerprint density at radius 3 is 2.44 bits per heavy atom. The molecule has 2 heteroatoms. The van der Waals surface area contributed by atoms with Crippen molar-refractivity contribution in [3.05, 3.63) is 0 Å². The van der Waals surface area contributed by atoms with Crippen molar-refractivity contribution in [1.29, 1.82) is 0 Å². The highest BCUT2D eigenvalue weighted by Crippen LogP contribution is 2.38. The number of rotatable bonds is 3. The van der Waals surface area contributed by atoms with Crippen LogP contribution >= 0.6 is 0 Å². The molecule has 94 valence electrons. The molecule has 0 aromatic carbocycles. The average Bonchev–Trinajstić information content (AvgIpc) is 2.74. The van der Waals surface area contributed by atoms with Crippen LogP contribution in [0.3, 0.4) is 0 Å². The molecular formula is C14H28N2. The molecular weight excluding hydrogens is 196 g/mol. The Bertz CT molecular complexity index is 239. The summed E-state index contributed by atoms with van der Waals surface area (Å²) in [6.45, 7) is 16.0. The molecule has 0 saturated carbocycles. The van der Waals surface area contributed by atoms with Gasteiger partial charge in [-0.2, -0.15) is 0 Å². The molecule has 0 amide bonds. The van der Waals surface area contributed by atoms with Crippen LogP contribution in [0.15, 0.2) is 0 Å². The third-order valence-electron chi connectivity index (χ3n) is 4.80. The summed E-state index contributed by atoms with van der Waals surface area (Å²) >= 11 is 0. The van der Waals surface area contributed by atoms with Crippen LogP contribution in [-0.4, -0.2) is 37.6 Å². The van der Waals surface area contributed by atoms with Crippen molar-refractivity contribution < 1.29 is 0 Å². The van der Waals surface area contributed by atoms with Gasteiger partial charge in [-0.05, 0) is 42.7 Å². The molecule has 1 unspecified atom stereocenters. The number of likely N-dealkylation sites (tertiary alicyclic amines) is 1. The molecule has 0 radical (unpaired) electrons. The Balaban J connectivity index is 1.97. The molecule has 0 bridgehead atoms. The normalized spacial score (nSPS) is 35.1. The molecule has 1 N–H and O–H groups in total. The van der Waals surface area contributed by atoms with Gasteiger partial charge in [-0.25, -0.2) is 0 Å². The molecule has 2 nitrogen and oxygen atoms in total. The molecule has 2 aliphatic heterocycles. The van der Waals surface area contributed by atoms with E-state index in [4.69, 9.17) is 0 Å². The fraction of sp³-hybridized carbons (Fsp3) is 1.00. The lowest BCUT2D eigenvalue weighted by Gasteiger charge is -2.37. The first-order valence-electron chi connectivity index (χ1n) is 6.87. The second-order valence-corrected chi connectivity index (χ2v) is 7.07. The van der Waals surface area contributed by atoms with E-state index in [1.54, 1.807) is 0 Å². The van der Waals surface area contributed by atoms with E-state index < -0.39 is 0 Å². The molecule has 2 fully saturated rings. The standard InChI is InChI=1S/C14H28N2/c1-12(2)14(5-7-15-9-14)11-16-8-6-13(3,4)10-16/h12,15H,5-11H2,1-4H3. The van der Waals surface area contributed by atoms with E-state index in [1.165, 1.54) is 45.6 Å². The summed E-state index contributed by atoms with van der Waals surface area (Å²) in [4.78, 5) is 2.70. The van der Waals surface area contributed by atoms with Gasteiger partial charge >= 0.3 is 0 Å². The van der Waals surface area contributed by atoms with Crippen LogP contribution in [0.25, 0.3) is 0 Å². The van der Waals surface area contributed by atoms with E-state index in [0.717, 1.165) is 5.92 Å². The Labute approximate surface area is 101 Å². The first kappa shape index (κ1) is 12.4. The van der Waals surface area contributed by atoms with Crippen LogP contribution < -0.4 is 5.32 Å². The van der Waals surface area contributed by atoms with E-state index in [0.29, 0.717) is 10.8 Å². The predicted octanol–water partition coefficient (Wildman–Crippen LogP) is 2.35. The van der Waals surface area contributed by atoms with Gasteiger partial charge < -0.3 is 10.2 Å². The Morgan fingerprint density at radius 2 is 2.00 bits per heavy atom. The van der Waals surface area contributed by atoms with Crippen molar-refractivity contribution in [3.8, 4) is 0 Å². The minimum Gasteiger partial charge on any atom is -0.316 e. The van der Waals surface area contributed by atoms with Crippen molar-refractivity contribution in [1.82, 2.24) is 10.2 Å². The molecule has 2 rings (SSSR count). The number of hydrogen-bond donors (Lipinski definition) is 1. The topological polar surface area (TPSA) is 15.3 Å². The summed E-state index contributed by atoms with van der Waals surface area (Å²) in [5.74, 6) is 0.797. The Hall–Kier alpha value is -0.0800. The van der Waals surface area contributed by atoms with Gasteiger partial charge in [0.2, 0.25) is 0 Å². The van der Waals surface area contributed by atoms with Crippen LogP contribution in [0, 0.1) is 16.7 Å². The van der Waals surface area contributed by atoms with Crippen LogP contribution in [0.4, 0.5) is 0 Å². The summed E-state index contributed by atoms with van der Waals surface area (Å²) in [5.41, 5.74) is 1.09. The molecule has 0 aromatic rings. The third kappa shape index (κ3) is 2.43. The average molecular weight is 224 g/mol. The molecule has 2 saturated heterocycles. The van der Waals surface area contributed by atoms with Crippen molar-refractivity contribution in [2.24, 2.45) is 16.7 Å². The number of nitrogens with one attached hydrogen (secondary N) is 1. The third-order valence-corrected chi connectivity index (χ3v) is 4.80. The smallest absolute Gasteiger partial charge is 0.00533 e. The quantitative estimate of drug-likeness (QED) is 0.791. The minimum atomic E-state index is 0.542. The second kappa shape index (κ2) is 4.30. The van der Waals surface area contributed by atoms with Gasteiger partial charge in [0, 0.05) is 19.6 Å².